The Balaban J connectivity index is 2.16. The highest BCUT2D eigenvalue weighted by molar-refractivity contribution is 6.30. The molecule has 1 saturated heterocycles. The minimum atomic E-state index is -0.846. The first-order chi connectivity index (χ1) is 7.66. The van der Waals surface area contributed by atoms with Crippen molar-refractivity contribution < 1.29 is 14.6 Å². The first-order valence-electron chi connectivity index (χ1n) is 4.98. The number of benzene rings is 1. The number of aliphatic carboxylic acids is 1. The Morgan fingerprint density at radius 3 is 2.50 bits per heavy atom. The number of rotatable bonds is 4. The van der Waals surface area contributed by atoms with E-state index in [1.807, 2.05) is 17.0 Å². The molecule has 0 atom stereocenters. The summed E-state index contributed by atoms with van der Waals surface area (Å²) in [7, 11) is 0. The molecule has 1 N–H and O–H groups in total. The third kappa shape index (κ3) is 2.46. The van der Waals surface area contributed by atoms with Crippen LogP contribution < -0.4 is 4.90 Å². The summed E-state index contributed by atoms with van der Waals surface area (Å²) in [6.45, 7) is 1.14. The molecule has 0 bridgehead atoms. The summed E-state index contributed by atoms with van der Waals surface area (Å²) in [6.07, 6.45) is 0. The van der Waals surface area contributed by atoms with Crippen molar-refractivity contribution in [1.29, 1.82) is 0 Å². The van der Waals surface area contributed by atoms with Gasteiger partial charge in [0.15, 0.2) is 0 Å². The fraction of sp³-hybridized carbons (Fsp3) is 0.364. The lowest BCUT2D eigenvalue weighted by atomic mass is 10.1. The molecule has 0 amide bonds. The summed E-state index contributed by atoms with van der Waals surface area (Å²) < 4.78 is 5.08. The molecule has 0 unspecified atom stereocenters. The van der Waals surface area contributed by atoms with E-state index in [4.69, 9.17) is 21.4 Å². The van der Waals surface area contributed by atoms with Crippen LogP contribution in [0.5, 0.6) is 0 Å². The normalized spacial score (nSPS) is 15.6. The van der Waals surface area contributed by atoms with Gasteiger partial charge in [0.05, 0.1) is 19.3 Å². The second-order valence-electron chi connectivity index (χ2n) is 3.69. The number of ether oxygens (including phenoxy) is 1. The molecule has 1 fully saturated rings. The van der Waals surface area contributed by atoms with Gasteiger partial charge in [-0.25, -0.2) is 0 Å². The van der Waals surface area contributed by atoms with Gasteiger partial charge < -0.3 is 14.7 Å². The lowest BCUT2D eigenvalue weighted by molar-refractivity contribution is -0.135. The van der Waals surface area contributed by atoms with Gasteiger partial charge in [-0.1, -0.05) is 11.6 Å². The van der Waals surface area contributed by atoms with Gasteiger partial charge >= 0.3 is 5.97 Å². The van der Waals surface area contributed by atoms with Crippen LogP contribution in [0.1, 0.15) is 0 Å². The van der Waals surface area contributed by atoms with E-state index in [0.717, 1.165) is 5.69 Å². The van der Waals surface area contributed by atoms with Gasteiger partial charge in [0, 0.05) is 10.7 Å². The van der Waals surface area contributed by atoms with Crippen LogP contribution in [0.2, 0.25) is 5.02 Å². The van der Waals surface area contributed by atoms with E-state index in [9.17, 15) is 4.79 Å². The lowest BCUT2D eigenvalue weighted by Gasteiger charge is -2.37. The Hall–Kier alpha value is -1.26. The van der Waals surface area contributed by atoms with Crippen molar-refractivity contribution >= 4 is 23.3 Å². The zero-order valence-electron chi connectivity index (χ0n) is 8.60. The van der Waals surface area contributed by atoms with E-state index in [2.05, 4.69) is 0 Å². The molecule has 0 radical (unpaired) electrons. The number of carboxylic acid groups (broad SMARTS) is 1. The maximum absolute atomic E-state index is 10.8. The number of carbonyl (C=O) groups is 1. The monoisotopic (exact) mass is 241 g/mol. The predicted octanol–water partition coefficient (Wildman–Crippen LogP) is 1.63. The molecule has 86 valence electrons. The Morgan fingerprint density at radius 1 is 1.44 bits per heavy atom. The number of nitrogens with zero attached hydrogens (tertiary/aromatic N) is 1. The van der Waals surface area contributed by atoms with Gasteiger partial charge in [0.2, 0.25) is 0 Å². The summed E-state index contributed by atoms with van der Waals surface area (Å²) in [5, 5.41) is 9.50. The van der Waals surface area contributed by atoms with Gasteiger partial charge in [-0.05, 0) is 24.3 Å². The zero-order valence-corrected chi connectivity index (χ0v) is 9.35. The van der Waals surface area contributed by atoms with Crippen LogP contribution >= 0.6 is 11.6 Å². The molecule has 1 heterocycles. The Morgan fingerprint density at radius 2 is 2.06 bits per heavy atom. The molecule has 5 heteroatoms. The Bertz CT molecular complexity index is 375. The molecule has 0 saturated carbocycles. The topological polar surface area (TPSA) is 49.8 Å². The molecule has 1 aliphatic rings. The molecule has 4 nitrogen and oxygen atoms in total. The van der Waals surface area contributed by atoms with Gasteiger partial charge in [-0.2, -0.15) is 0 Å². The van der Waals surface area contributed by atoms with Crippen LogP contribution in [0.3, 0.4) is 0 Å². The van der Waals surface area contributed by atoms with Gasteiger partial charge in [-0.15, -0.1) is 0 Å². The average molecular weight is 242 g/mol. The van der Waals surface area contributed by atoms with E-state index < -0.39 is 5.97 Å². The van der Waals surface area contributed by atoms with Crippen molar-refractivity contribution in [2.24, 2.45) is 0 Å². The predicted molar refractivity (Wildman–Crippen MR) is 61.0 cm³/mol. The quantitative estimate of drug-likeness (QED) is 0.871. The van der Waals surface area contributed by atoms with Gasteiger partial charge in [-0.3, -0.25) is 4.79 Å². The molecular formula is C11H12ClNO3. The third-order valence-corrected chi connectivity index (χ3v) is 2.78. The first-order valence-corrected chi connectivity index (χ1v) is 5.36. The van der Waals surface area contributed by atoms with E-state index in [-0.39, 0.29) is 12.6 Å². The van der Waals surface area contributed by atoms with Crippen LogP contribution in [-0.4, -0.2) is 36.9 Å². The van der Waals surface area contributed by atoms with E-state index in [0.29, 0.717) is 18.2 Å². The Kier molecular flexibility index (Phi) is 3.31. The second kappa shape index (κ2) is 4.72. The maximum atomic E-state index is 10.8. The number of hydrogen-bond donors (Lipinski definition) is 1. The fourth-order valence-electron chi connectivity index (χ4n) is 1.61. The SMILES string of the molecule is O=C(O)CN(c1ccc(Cl)cc1)C1COC1. The summed E-state index contributed by atoms with van der Waals surface area (Å²) in [5.74, 6) is -0.846. The van der Waals surface area contributed by atoms with Crippen molar-refractivity contribution in [2.45, 2.75) is 6.04 Å². The highest BCUT2D eigenvalue weighted by atomic mass is 35.5. The van der Waals surface area contributed by atoms with E-state index in [1.165, 1.54) is 0 Å². The molecule has 1 aromatic rings. The van der Waals surface area contributed by atoms with Crippen LogP contribution in [0.4, 0.5) is 5.69 Å². The molecule has 2 rings (SSSR count). The first kappa shape index (κ1) is 11.2. The average Bonchev–Trinajstić information content (AvgIpc) is 2.14. The van der Waals surface area contributed by atoms with Crippen LogP contribution in [0.15, 0.2) is 24.3 Å². The summed E-state index contributed by atoms with van der Waals surface area (Å²) in [4.78, 5) is 12.6. The molecule has 16 heavy (non-hydrogen) atoms. The highest BCUT2D eigenvalue weighted by Crippen LogP contribution is 2.22. The molecule has 0 spiro atoms. The van der Waals surface area contributed by atoms with Crippen molar-refractivity contribution in [3.63, 3.8) is 0 Å². The van der Waals surface area contributed by atoms with Crippen molar-refractivity contribution in [3.05, 3.63) is 29.3 Å². The molecule has 0 aromatic heterocycles. The molecular weight excluding hydrogens is 230 g/mol. The standard InChI is InChI=1S/C11H12ClNO3/c12-8-1-3-9(4-2-8)13(5-11(14)15)10-6-16-7-10/h1-4,10H,5-7H2,(H,14,15). The smallest absolute Gasteiger partial charge is 0.323 e. The number of hydrogen-bond acceptors (Lipinski definition) is 3. The minimum Gasteiger partial charge on any atom is -0.480 e. The second-order valence-corrected chi connectivity index (χ2v) is 4.13. The number of carboxylic acids is 1. The highest BCUT2D eigenvalue weighted by Gasteiger charge is 2.27. The summed E-state index contributed by atoms with van der Waals surface area (Å²) in [6, 6.07) is 7.31. The Labute approximate surface area is 98.4 Å². The van der Waals surface area contributed by atoms with Gasteiger partial charge in [0.1, 0.15) is 6.54 Å². The third-order valence-electron chi connectivity index (χ3n) is 2.53. The minimum absolute atomic E-state index is 0.0182. The maximum Gasteiger partial charge on any atom is 0.323 e. The molecule has 1 aliphatic heterocycles. The molecule has 0 aliphatic carbocycles. The summed E-state index contributed by atoms with van der Waals surface area (Å²) in [5.41, 5.74) is 0.861. The van der Waals surface area contributed by atoms with E-state index >= 15 is 0 Å². The fourth-order valence-corrected chi connectivity index (χ4v) is 1.74. The van der Waals surface area contributed by atoms with Crippen molar-refractivity contribution in [2.75, 3.05) is 24.7 Å². The van der Waals surface area contributed by atoms with Crippen LogP contribution in [0, 0.1) is 0 Å². The summed E-state index contributed by atoms with van der Waals surface area (Å²) >= 11 is 5.79. The molecule has 1 aromatic carbocycles. The van der Waals surface area contributed by atoms with Crippen LogP contribution in [0.25, 0.3) is 0 Å². The number of halogens is 1. The van der Waals surface area contributed by atoms with Crippen molar-refractivity contribution in [3.8, 4) is 0 Å². The van der Waals surface area contributed by atoms with Crippen LogP contribution in [-0.2, 0) is 9.53 Å². The largest absolute Gasteiger partial charge is 0.480 e. The van der Waals surface area contributed by atoms with Crippen molar-refractivity contribution in [1.82, 2.24) is 0 Å². The zero-order chi connectivity index (χ0) is 11.5. The van der Waals surface area contributed by atoms with E-state index in [1.54, 1.807) is 12.1 Å². The number of anilines is 1. The lowest BCUT2D eigenvalue weighted by Crippen LogP contribution is -2.51. The van der Waals surface area contributed by atoms with Gasteiger partial charge in [0.25, 0.3) is 0 Å².